The predicted molar refractivity (Wildman–Crippen MR) is 83.9 cm³/mol. The summed E-state index contributed by atoms with van der Waals surface area (Å²) < 4.78 is 0. The molecule has 5 aliphatic rings. The first-order valence-corrected chi connectivity index (χ1v) is 9.05. The zero-order valence-corrected chi connectivity index (χ0v) is 13.2. The SMILES string of the molecule is CC1C(C2CC3B[C@@H](CCC3)C2)CC2CC1C2(C)C. The van der Waals surface area contributed by atoms with Crippen molar-refractivity contribution >= 4 is 7.28 Å². The summed E-state index contributed by atoms with van der Waals surface area (Å²) in [6.07, 6.45) is 11.0. The standard InChI is InChI=1S/C18H31B/c1-11-16(9-13-10-17(11)18(13,2)3)12-7-14-5-4-6-15(8-12)19-14/h11-17,19H,4-10H2,1-3H3/t11?,12?,13?,14-,15?,16?,17?/m0/s1. The van der Waals surface area contributed by atoms with E-state index in [9.17, 15) is 0 Å². The number of hydrogen-bond donors (Lipinski definition) is 0. The minimum absolute atomic E-state index is 0.681. The first kappa shape index (κ1) is 12.8. The average Bonchev–Trinajstić information content (AvgIpc) is 2.37. The molecular weight excluding hydrogens is 227 g/mol. The van der Waals surface area contributed by atoms with E-state index in [0.717, 1.165) is 41.2 Å². The van der Waals surface area contributed by atoms with Gasteiger partial charge in [0, 0.05) is 0 Å². The van der Waals surface area contributed by atoms with Gasteiger partial charge >= 0.3 is 0 Å². The van der Waals surface area contributed by atoms with Gasteiger partial charge in [-0.3, -0.25) is 0 Å². The van der Waals surface area contributed by atoms with Gasteiger partial charge in [-0.15, -0.1) is 0 Å². The molecule has 2 aliphatic heterocycles. The van der Waals surface area contributed by atoms with E-state index in [1.165, 1.54) is 0 Å². The summed E-state index contributed by atoms with van der Waals surface area (Å²) in [5.74, 6) is 7.59. The smallest absolute Gasteiger partial charge is 0.0652 e. The van der Waals surface area contributed by atoms with Gasteiger partial charge in [0.2, 0.25) is 0 Å². The molecule has 6 unspecified atom stereocenters. The van der Waals surface area contributed by atoms with Gasteiger partial charge in [-0.1, -0.05) is 64.5 Å². The molecule has 5 fully saturated rings. The Morgan fingerprint density at radius 3 is 2.21 bits per heavy atom. The van der Waals surface area contributed by atoms with Crippen LogP contribution in [0.2, 0.25) is 11.6 Å². The molecule has 7 atom stereocenters. The van der Waals surface area contributed by atoms with Crippen LogP contribution in [-0.2, 0) is 0 Å². The molecule has 0 radical (unpaired) electrons. The van der Waals surface area contributed by atoms with E-state index in [0.29, 0.717) is 5.41 Å². The molecule has 0 aromatic heterocycles. The van der Waals surface area contributed by atoms with Crippen LogP contribution in [0.4, 0.5) is 0 Å². The van der Waals surface area contributed by atoms with Gasteiger partial charge in [-0.2, -0.15) is 0 Å². The molecule has 3 saturated carbocycles. The van der Waals surface area contributed by atoms with E-state index >= 15 is 0 Å². The van der Waals surface area contributed by atoms with Crippen LogP contribution in [0.1, 0.15) is 65.7 Å². The second-order valence-corrected chi connectivity index (χ2v) is 9.25. The number of hydrogen-bond acceptors (Lipinski definition) is 0. The van der Waals surface area contributed by atoms with Gasteiger partial charge in [0.05, 0.1) is 0 Å². The summed E-state index contributed by atoms with van der Waals surface area (Å²) in [5, 5.41) is 0. The first-order valence-electron chi connectivity index (χ1n) is 9.05. The zero-order valence-electron chi connectivity index (χ0n) is 13.2. The normalized spacial score (nSPS) is 55.0. The molecule has 0 nitrogen and oxygen atoms in total. The van der Waals surface area contributed by atoms with Crippen LogP contribution in [-0.4, -0.2) is 7.28 Å². The van der Waals surface area contributed by atoms with Crippen molar-refractivity contribution in [3.63, 3.8) is 0 Å². The third-order valence-corrected chi connectivity index (χ3v) is 8.18. The highest BCUT2D eigenvalue weighted by atomic mass is 14.6. The maximum Gasteiger partial charge on any atom is 0.127 e. The summed E-state index contributed by atoms with van der Waals surface area (Å²) in [5.41, 5.74) is 0.681. The molecule has 0 N–H and O–H groups in total. The highest BCUT2D eigenvalue weighted by Gasteiger charge is 2.57. The molecule has 19 heavy (non-hydrogen) atoms. The monoisotopic (exact) mass is 258 g/mol. The summed E-state index contributed by atoms with van der Waals surface area (Å²) in [7, 11) is 1.59. The summed E-state index contributed by atoms with van der Waals surface area (Å²) in [6.45, 7) is 7.71. The van der Waals surface area contributed by atoms with Crippen molar-refractivity contribution in [2.75, 3.05) is 0 Å². The minimum Gasteiger partial charge on any atom is -0.0652 e. The lowest BCUT2D eigenvalue weighted by molar-refractivity contribution is -0.142. The van der Waals surface area contributed by atoms with Gasteiger partial charge in [0.1, 0.15) is 7.28 Å². The molecule has 2 heterocycles. The van der Waals surface area contributed by atoms with Crippen molar-refractivity contribution in [1.82, 2.24) is 0 Å². The van der Waals surface area contributed by atoms with E-state index in [4.69, 9.17) is 0 Å². The fourth-order valence-corrected chi connectivity index (χ4v) is 6.94. The van der Waals surface area contributed by atoms with Crippen LogP contribution in [0.5, 0.6) is 0 Å². The molecule has 106 valence electrons. The Bertz CT molecular complexity index is 349. The minimum atomic E-state index is 0.681. The van der Waals surface area contributed by atoms with Crippen molar-refractivity contribution in [2.24, 2.45) is 35.0 Å². The third kappa shape index (κ3) is 1.86. The molecule has 0 aromatic carbocycles. The maximum absolute atomic E-state index is 2.61. The summed E-state index contributed by atoms with van der Waals surface area (Å²) >= 11 is 0. The third-order valence-electron chi connectivity index (χ3n) is 8.18. The van der Waals surface area contributed by atoms with Gasteiger partial charge in [-0.05, 0) is 47.8 Å². The molecule has 3 aliphatic carbocycles. The Balaban J connectivity index is 1.49. The van der Waals surface area contributed by atoms with E-state index in [1.807, 2.05) is 0 Å². The Kier molecular flexibility index (Phi) is 2.88. The fraction of sp³-hybridized carbons (Fsp3) is 1.00. The lowest BCUT2D eigenvalue weighted by Gasteiger charge is -2.64. The largest absolute Gasteiger partial charge is 0.127 e. The van der Waals surface area contributed by atoms with Gasteiger partial charge in [-0.25, -0.2) is 0 Å². The van der Waals surface area contributed by atoms with Crippen LogP contribution >= 0.6 is 0 Å². The molecule has 0 spiro atoms. The van der Waals surface area contributed by atoms with Crippen LogP contribution in [0.25, 0.3) is 0 Å². The van der Waals surface area contributed by atoms with E-state index in [-0.39, 0.29) is 0 Å². The van der Waals surface area contributed by atoms with Crippen LogP contribution in [0.15, 0.2) is 0 Å². The van der Waals surface area contributed by atoms with Crippen molar-refractivity contribution in [3.05, 3.63) is 0 Å². The predicted octanol–water partition coefficient (Wildman–Crippen LogP) is 4.91. The fourth-order valence-electron chi connectivity index (χ4n) is 6.94. The van der Waals surface area contributed by atoms with E-state index in [2.05, 4.69) is 20.8 Å². The second-order valence-electron chi connectivity index (χ2n) is 9.25. The molecule has 0 aromatic rings. The quantitative estimate of drug-likeness (QED) is 0.586. The number of fused-ring (bicyclic) bond motifs is 4. The Labute approximate surface area is 120 Å². The number of rotatable bonds is 1. The molecule has 2 saturated heterocycles. The first-order chi connectivity index (χ1) is 9.05. The summed E-state index contributed by atoms with van der Waals surface area (Å²) in [6, 6.07) is 0. The van der Waals surface area contributed by atoms with Gasteiger partial charge in [0.25, 0.3) is 0 Å². The maximum atomic E-state index is 2.61. The van der Waals surface area contributed by atoms with E-state index in [1.54, 1.807) is 52.2 Å². The molecule has 1 heteroatoms. The second kappa shape index (κ2) is 4.28. The Hall–Kier alpha value is 0.0649. The lowest BCUT2D eigenvalue weighted by Crippen LogP contribution is -2.56. The molecule has 0 amide bonds. The van der Waals surface area contributed by atoms with E-state index < -0.39 is 0 Å². The van der Waals surface area contributed by atoms with Crippen molar-refractivity contribution in [2.45, 2.75) is 77.4 Å². The van der Waals surface area contributed by atoms with Gasteiger partial charge in [0.15, 0.2) is 0 Å². The van der Waals surface area contributed by atoms with Crippen molar-refractivity contribution in [1.29, 1.82) is 0 Å². The molecular formula is C18H31B. The van der Waals surface area contributed by atoms with Crippen LogP contribution in [0, 0.1) is 35.0 Å². The average molecular weight is 258 g/mol. The highest BCUT2D eigenvalue weighted by molar-refractivity contribution is 6.40. The lowest BCUT2D eigenvalue weighted by atomic mass is 9.37. The highest BCUT2D eigenvalue weighted by Crippen LogP contribution is 2.65. The molecule has 4 bridgehead atoms. The zero-order chi connectivity index (χ0) is 13.2. The summed E-state index contributed by atoms with van der Waals surface area (Å²) in [4.78, 5) is 0. The Morgan fingerprint density at radius 2 is 1.63 bits per heavy atom. The van der Waals surface area contributed by atoms with Crippen molar-refractivity contribution in [3.8, 4) is 0 Å². The van der Waals surface area contributed by atoms with Crippen molar-refractivity contribution < 1.29 is 0 Å². The van der Waals surface area contributed by atoms with Crippen LogP contribution < -0.4 is 0 Å². The van der Waals surface area contributed by atoms with Gasteiger partial charge < -0.3 is 0 Å². The molecule has 5 rings (SSSR count). The Morgan fingerprint density at radius 1 is 0.947 bits per heavy atom. The van der Waals surface area contributed by atoms with Crippen LogP contribution in [0.3, 0.4) is 0 Å². The topological polar surface area (TPSA) is 0 Å².